The van der Waals surface area contributed by atoms with Crippen LogP contribution in [0, 0.1) is 17.1 Å². The molecule has 2 rings (SSSR count). The molecule has 1 fully saturated rings. The minimum Gasteiger partial charge on any atom is -0.372 e. The van der Waals surface area contributed by atoms with Crippen LogP contribution >= 0.6 is 0 Å². The fourth-order valence-electron chi connectivity index (χ4n) is 2.41. The number of rotatable bonds is 2. The topological polar surface area (TPSA) is 36.3 Å². The van der Waals surface area contributed by atoms with E-state index in [2.05, 4.69) is 11.0 Å². The number of halogens is 1. The Labute approximate surface area is 112 Å². The van der Waals surface area contributed by atoms with E-state index in [9.17, 15) is 4.39 Å². The van der Waals surface area contributed by atoms with Gasteiger partial charge in [-0.25, -0.2) is 4.39 Å². The molecule has 2 atom stereocenters. The zero-order valence-corrected chi connectivity index (χ0v) is 11.1. The van der Waals surface area contributed by atoms with E-state index in [0.717, 1.165) is 24.4 Å². The summed E-state index contributed by atoms with van der Waals surface area (Å²) in [6.45, 7) is 5.49. The molecule has 3 nitrogen and oxygen atoms in total. The number of allylic oxidation sites excluding steroid dienone is 1. The summed E-state index contributed by atoms with van der Waals surface area (Å²) in [5.41, 5.74) is 1.67. The number of morpholine rings is 1. The minimum atomic E-state index is -0.274. The molecular formula is C15H17FN2O. The van der Waals surface area contributed by atoms with Crippen LogP contribution in [0.1, 0.15) is 19.4 Å². The summed E-state index contributed by atoms with van der Waals surface area (Å²) >= 11 is 0. The second-order valence-corrected chi connectivity index (χ2v) is 4.83. The first kappa shape index (κ1) is 13.6. The SMILES string of the molecule is CC1CN(C(=CC#N)c2ccc(F)cc2)CC(C)O1. The van der Waals surface area contributed by atoms with Gasteiger partial charge in [0.05, 0.1) is 24.0 Å². The summed E-state index contributed by atoms with van der Waals surface area (Å²) in [6.07, 6.45) is 1.75. The highest BCUT2D eigenvalue weighted by Gasteiger charge is 2.24. The largest absolute Gasteiger partial charge is 0.372 e. The molecule has 1 aromatic carbocycles. The molecule has 2 unspecified atom stereocenters. The maximum atomic E-state index is 13.0. The Morgan fingerprint density at radius 2 is 1.89 bits per heavy atom. The van der Waals surface area contributed by atoms with Gasteiger partial charge >= 0.3 is 0 Å². The quantitative estimate of drug-likeness (QED) is 0.767. The molecule has 1 aromatic rings. The molecule has 0 spiro atoms. The number of hydrogen-bond acceptors (Lipinski definition) is 3. The molecule has 0 radical (unpaired) electrons. The Morgan fingerprint density at radius 1 is 1.32 bits per heavy atom. The predicted molar refractivity (Wildman–Crippen MR) is 71.6 cm³/mol. The molecule has 0 saturated carbocycles. The van der Waals surface area contributed by atoms with E-state index in [1.807, 2.05) is 13.8 Å². The van der Waals surface area contributed by atoms with E-state index >= 15 is 0 Å². The number of nitrogens with zero attached hydrogens (tertiary/aromatic N) is 2. The maximum absolute atomic E-state index is 13.0. The Balaban J connectivity index is 2.28. The highest BCUT2D eigenvalue weighted by atomic mass is 19.1. The van der Waals surface area contributed by atoms with Crippen LogP contribution in [0.4, 0.5) is 4.39 Å². The lowest BCUT2D eigenvalue weighted by Gasteiger charge is -2.38. The van der Waals surface area contributed by atoms with Gasteiger partial charge in [-0.15, -0.1) is 0 Å². The van der Waals surface area contributed by atoms with Crippen molar-refractivity contribution in [1.82, 2.24) is 4.90 Å². The number of hydrogen-bond donors (Lipinski definition) is 0. The molecule has 0 aromatic heterocycles. The number of ether oxygens (including phenoxy) is 1. The lowest BCUT2D eigenvalue weighted by molar-refractivity contribution is -0.0508. The van der Waals surface area contributed by atoms with Gasteiger partial charge < -0.3 is 9.64 Å². The molecule has 4 heteroatoms. The van der Waals surface area contributed by atoms with E-state index < -0.39 is 0 Å². The minimum absolute atomic E-state index is 0.117. The third-order valence-corrected chi connectivity index (χ3v) is 3.10. The Morgan fingerprint density at radius 3 is 2.42 bits per heavy atom. The van der Waals surface area contributed by atoms with Crippen molar-refractivity contribution >= 4 is 5.70 Å². The lowest BCUT2D eigenvalue weighted by Crippen LogP contribution is -2.44. The van der Waals surface area contributed by atoms with E-state index in [1.54, 1.807) is 12.1 Å². The summed E-state index contributed by atoms with van der Waals surface area (Å²) in [6, 6.07) is 8.29. The third-order valence-electron chi connectivity index (χ3n) is 3.10. The van der Waals surface area contributed by atoms with Crippen molar-refractivity contribution in [2.24, 2.45) is 0 Å². The van der Waals surface area contributed by atoms with Crippen molar-refractivity contribution in [1.29, 1.82) is 5.26 Å². The van der Waals surface area contributed by atoms with Gasteiger partial charge in [-0.05, 0) is 43.7 Å². The van der Waals surface area contributed by atoms with Crippen LogP contribution in [0.15, 0.2) is 30.3 Å². The Kier molecular flexibility index (Phi) is 4.18. The zero-order valence-electron chi connectivity index (χ0n) is 11.1. The van der Waals surface area contributed by atoms with Gasteiger partial charge in [-0.1, -0.05) is 0 Å². The van der Waals surface area contributed by atoms with Crippen molar-refractivity contribution in [3.05, 3.63) is 41.7 Å². The molecule has 100 valence electrons. The molecule has 1 aliphatic rings. The highest BCUT2D eigenvalue weighted by Crippen LogP contribution is 2.24. The van der Waals surface area contributed by atoms with Crippen molar-refractivity contribution in [3.8, 4) is 6.07 Å². The van der Waals surface area contributed by atoms with Crippen LogP contribution in [0.2, 0.25) is 0 Å². The van der Waals surface area contributed by atoms with Gasteiger partial charge in [0, 0.05) is 19.2 Å². The normalized spacial score (nSPS) is 24.1. The van der Waals surface area contributed by atoms with Crippen molar-refractivity contribution < 1.29 is 9.13 Å². The van der Waals surface area contributed by atoms with Crippen LogP contribution in [-0.4, -0.2) is 30.2 Å². The Bertz CT molecular complexity index is 494. The molecular weight excluding hydrogens is 243 g/mol. The summed E-state index contributed by atoms with van der Waals surface area (Å²) in [7, 11) is 0. The van der Waals surface area contributed by atoms with Gasteiger partial charge in [0.1, 0.15) is 5.82 Å². The van der Waals surface area contributed by atoms with Crippen LogP contribution in [0.25, 0.3) is 5.70 Å². The van der Waals surface area contributed by atoms with Gasteiger partial charge in [-0.3, -0.25) is 0 Å². The molecule has 0 amide bonds. The average molecular weight is 260 g/mol. The molecule has 0 N–H and O–H groups in total. The third kappa shape index (κ3) is 3.33. The summed E-state index contributed by atoms with van der Waals surface area (Å²) in [5.74, 6) is -0.274. The first-order chi connectivity index (χ1) is 9.10. The number of benzene rings is 1. The van der Waals surface area contributed by atoms with E-state index in [0.29, 0.717) is 0 Å². The van der Waals surface area contributed by atoms with Gasteiger partial charge in [0.15, 0.2) is 0 Å². The summed E-state index contributed by atoms with van der Waals surface area (Å²) < 4.78 is 18.7. The number of nitriles is 1. The van der Waals surface area contributed by atoms with Gasteiger partial charge in [0.25, 0.3) is 0 Å². The predicted octanol–water partition coefficient (Wildman–Crippen LogP) is 2.80. The van der Waals surface area contributed by atoms with E-state index in [4.69, 9.17) is 10.00 Å². The molecule has 1 heterocycles. The molecule has 1 saturated heterocycles. The van der Waals surface area contributed by atoms with Crippen LogP contribution < -0.4 is 0 Å². The molecule has 19 heavy (non-hydrogen) atoms. The fourth-order valence-corrected chi connectivity index (χ4v) is 2.41. The first-order valence-electron chi connectivity index (χ1n) is 6.36. The van der Waals surface area contributed by atoms with E-state index in [-0.39, 0.29) is 18.0 Å². The highest BCUT2D eigenvalue weighted by molar-refractivity contribution is 5.66. The van der Waals surface area contributed by atoms with Crippen LogP contribution in [-0.2, 0) is 4.74 Å². The molecule has 0 aliphatic carbocycles. The average Bonchev–Trinajstić information content (AvgIpc) is 2.36. The summed E-state index contributed by atoms with van der Waals surface area (Å²) in [4.78, 5) is 2.12. The second-order valence-electron chi connectivity index (χ2n) is 4.83. The molecule has 0 bridgehead atoms. The van der Waals surface area contributed by atoms with Crippen molar-refractivity contribution in [3.63, 3.8) is 0 Å². The Hall–Kier alpha value is -1.86. The lowest BCUT2D eigenvalue weighted by atomic mass is 10.1. The van der Waals surface area contributed by atoms with Gasteiger partial charge in [0.2, 0.25) is 0 Å². The standard InChI is InChI=1S/C15H17FN2O/c1-11-9-18(10-12(2)19-11)15(7-8-17)13-3-5-14(16)6-4-13/h3-7,11-12H,9-10H2,1-2H3. The summed E-state index contributed by atoms with van der Waals surface area (Å²) in [5, 5.41) is 8.96. The van der Waals surface area contributed by atoms with Crippen LogP contribution in [0.3, 0.4) is 0 Å². The fraction of sp³-hybridized carbons (Fsp3) is 0.400. The molecule has 1 aliphatic heterocycles. The van der Waals surface area contributed by atoms with Crippen molar-refractivity contribution in [2.45, 2.75) is 26.1 Å². The van der Waals surface area contributed by atoms with E-state index in [1.165, 1.54) is 18.2 Å². The second kappa shape index (κ2) is 5.85. The first-order valence-corrected chi connectivity index (χ1v) is 6.36. The van der Waals surface area contributed by atoms with Gasteiger partial charge in [-0.2, -0.15) is 5.26 Å². The maximum Gasteiger partial charge on any atom is 0.123 e. The zero-order chi connectivity index (χ0) is 13.8. The monoisotopic (exact) mass is 260 g/mol. The smallest absolute Gasteiger partial charge is 0.123 e. The van der Waals surface area contributed by atoms with Crippen molar-refractivity contribution in [2.75, 3.05) is 13.1 Å². The van der Waals surface area contributed by atoms with Crippen LogP contribution in [0.5, 0.6) is 0 Å².